The Morgan fingerprint density at radius 2 is 2.05 bits per heavy atom. The van der Waals surface area contributed by atoms with Gasteiger partial charge in [-0.25, -0.2) is 17.7 Å². The standard InChI is InChI=1S/C15H23N3O3S/c1-2-22(19,20)18-9-6-15(7-10-18)13-17(11-12-21-15)14-5-3-4-8-16-14/h3-5,8H,2,6-7,9-13H2,1H3. The molecule has 0 atom stereocenters. The van der Waals surface area contributed by atoms with Crippen LogP contribution in [-0.4, -0.2) is 61.8 Å². The van der Waals surface area contributed by atoms with Crippen molar-refractivity contribution in [3.8, 4) is 0 Å². The van der Waals surface area contributed by atoms with E-state index in [1.54, 1.807) is 17.4 Å². The van der Waals surface area contributed by atoms with Gasteiger partial charge in [-0.05, 0) is 31.9 Å². The second-order valence-electron chi connectivity index (χ2n) is 5.94. The minimum atomic E-state index is -3.09. The molecular weight excluding hydrogens is 302 g/mol. The molecule has 0 bridgehead atoms. The maximum absolute atomic E-state index is 12.0. The molecule has 0 saturated carbocycles. The second-order valence-corrected chi connectivity index (χ2v) is 8.20. The molecule has 0 amide bonds. The van der Waals surface area contributed by atoms with Crippen LogP contribution in [-0.2, 0) is 14.8 Å². The summed E-state index contributed by atoms with van der Waals surface area (Å²) in [5, 5.41) is 0. The summed E-state index contributed by atoms with van der Waals surface area (Å²) in [6.07, 6.45) is 3.29. The van der Waals surface area contributed by atoms with Crippen LogP contribution in [0.2, 0.25) is 0 Å². The molecule has 2 aliphatic heterocycles. The van der Waals surface area contributed by atoms with Crippen molar-refractivity contribution >= 4 is 15.8 Å². The highest BCUT2D eigenvalue weighted by Gasteiger charge is 2.42. The van der Waals surface area contributed by atoms with E-state index in [1.807, 2.05) is 18.2 Å². The first-order valence-electron chi connectivity index (χ1n) is 7.82. The highest BCUT2D eigenvalue weighted by atomic mass is 32.2. The predicted octanol–water partition coefficient (Wildman–Crippen LogP) is 1.10. The molecule has 2 aliphatic rings. The normalized spacial score (nSPS) is 22.9. The van der Waals surface area contributed by atoms with Gasteiger partial charge >= 0.3 is 0 Å². The first-order valence-corrected chi connectivity index (χ1v) is 9.43. The fraction of sp³-hybridized carbons (Fsp3) is 0.667. The Morgan fingerprint density at radius 1 is 1.27 bits per heavy atom. The molecule has 1 aromatic heterocycles. The summed E-state index contributed by atoms with van der Waals surface area (Å²) in [5.41, 5.74) is -0.241. The first kappa shape index (κ1) is 15.7. The Labute approximate surface area is 132 Å². The number of sulfonamides is 1. The number of aromatic nitrogens is 1. The molecule has 3 heterocycles. The van der Waals surface area contributed by atoms with E-state index in [-0.39, 0.29) is 11.4 Å². The molecule has 0 radical (unpaired) electrons. The number of nitrogens with zero attached hydrogens (tertiary/aromatic N) is 3. The van der Waals surface area contributed by atoms with Gasteiger partial charge in [0.2, 0.25) is 10.0 Å². The molecule has 7 heteroatoms. The number of rotatable bonds is 3. The number of piperidine rings is 1. The molecule has 6 nitrogen and oxygen atoms in total. The van der Waals surface area contributed by atoms with Crippen molar-refractivity contribution < 1.29 is 13.2 Å². The zero-order valence-corrected chi connectivity index (χ0v) is 13.8. The molecule has 0 aliphatic carbocycles. The van der Waals surface area contributed by atoms with Crippen LogP contribution >= 0.6 is 0 Å². The van der Waals surface area contributed by atoms with E-state index in [1.165, 1.54) is 0 Å². The second kappa shape index (κ2) is 6.14. The fourth-order valence-corrected chi connectivity index (χ4v) is 4.34. The molecule has 1 spiro atoms. The van der Waals surface area contributed by atoms with Crippen LogP contribution < -0.4 is 4.90 Å². The van der Waals surface area contributed by atoms with Crippen molar-refractivity contribution in [1.29, 1.82) is 0 Å². The lowest BCUT2D eigenvalue weighted by Crippen LogP contribution is -2.57. The Morgan fingerprint density at radius 3 is 2.68 bits per heavy atom. The fourth-order valence-electron chi connectivity index (χ4n) is 3.24. The topological polar surface area (TPSA) is 62.7 Å². The number of ether oxygens (including phenoxy) is 1. The number of pyridine rings is 1. The van der Waals surface area contributed by atoms with Gasteiger partial charge in [-0.1, -0.05) is 6.07 Å². The monoisotopic (exact) mass is 325 g/mol. The zero-order valence-electron chi connectivity index (χ0n) is 12.9. The van der Waals surface area contributed by atoms with E-state index in [2.05, 4.69) is 9.88 Å². The molecule has 1 aromatic rings. The van der Waals surface area contributed by atoms with Crippen molar-refractivity contribution in [1.82, 2.24) is 9.29 Å². The first-order chi connectivity index (χ1) is 10.5. The van der Waals surface area contributed by atoms with E-state index in [4.69, 9.17) is 4.74 Å². The van der Waals surface area contributed by atoms with Crippen molar-refractivity contribution in [3.05, 3.63) is 24.4 Å². The maximum Gasteiger partial charge on any atom is 0.213 e. The molecule has 2 saturated heterocycles. The van der Waals surface area contributed by atoms with E-state index >= 15 is 0 Å². The molecule has 0 unspecified atom stereocenters. The van der Waals surface area contributed by atoms with Crippen molar-refractivity contribution in [3.63, 3.8) is 0 Å². The van der Waals surface area contributed by atoms with Gasteiger partial charge in [0.25, 0.3) is 0 Å². The average molecular weight is 325 g/mol. The van der Waals surface area contributed by atoms with Crippen LogP contribution in [0.5, 0.6) is 0 Å². The molecule has 3 rings (SSSR count). The number of hydrogen-bond donors (Lipinski definition) is 0. The van der Waals surface area contributed by atoms with Crippen molar-refractivity contribution in [2.24, 2.45) is 0 Å². The van der Waals surface area contributed by atoms with E-state index < -0.39 is 10.0 Å². The largest absolute Gasteiger partial charge is 0.371 e. The zero-order chi connectivity index (χ0) is 15.6. The number of anilines is 1. The maximum atomic E-state index is 12.0. The minimum Gasteiger partial charge on any atom is -0.371 e. The van der Waals surface area contributed by atoms with Crippen LogP contribution in [0.4, 0.5) is 5.82 Å². The smallest absolute Gasteiger partial charge is 0.213 e. The third kappa shape index (κ3) is 3.11. The van der Waals surface area contributed by atoms with Crippen LogP contribution in [0.1, 0.15) is 19.8 Å². The van der Waals surface area contributed by atoms with Gasteiger partial charge in [0.1, 0.15) is 5.82 Å². The van der Waals surface area contributed by atoms with Crippen molar-refractivity contribution in [2.45, 2.75) is 25.4 Å². The predicted molar refractivity (Wildman–Crippen MR) is 85.4 cm³/mol. The van der Waals surface area contributed by atoms with Crippen LogP contribution in [0.25, 0.3) is 0 Å². The Bertz CT molecular complexity index is 598. The number of hydrogen-bond acceptors (Lipinski definition) is 5. The number of morpholine rings is 1. The molecule has 122 valence electrons. The van der Waals surface area contributed by atoms with Crippen LogP contribution in [0.3, 0.4) is 0 Å². The Kier molecular flexibility index (Phi) is 4.38. The lowest BCUT2D eigenvalue weighted by Gasteiger charge is -2.47. The van der Waals surface area contributed by atoms with Gasteiger partial charge in [0.15, 0.2) is 0 Å². The lowest BCUT2D eigenvalue weighted by molar-refractivity contribution is -0.0826. The van der Waals surface area contributed by atoms with Gasteiger partial charge < -0.3 is 9.64 Å². The van der Waals surface area contributed by atoms with E-state index in [9.17, 15) is 8.42 Å². The van der Waals surface area contributed by atoms with Gasteiger partial charge in [0, 0.05) is 32.4 Å². The van der Waals surface area contributed by atoms with Crippen LogP contribution in [0.15, 0.2) is 24.4 Å². The molecule has 0 aromatic carbocycles. The molecule has 22 heavy (non-hydrogen) atoms. The summed E-state index contributed by atoms with van der Waals surface area (Å²) in [5.74, 6) is 1.13. The Balaban J connectivity index is 1.68. The highest BCUT2D eigenvalue weighted by Crippen LogP contribution is 2.32. The van der Waals surface area contributed by atoms with Gasteiger partial charge in [-0.2, -0.15) is 0 Å². The molecule has 2 fully saturated rings. The average Bonchev–Trinajstić information content (AvgIpc) is 2.56. The summed E-state index contributed by atoms with van der Waals surface area (Å²) in [4.78, 5) is 6.66. The van der Waals surface area contributed by atoms with Gasteiger partial charge in [-0.15, -0.1) is 0 Å². The summed E-state index contributed by atoms with van der Waals surface area (Å²) in [7, 11) is -3.09. The third-order valence-electron chi connectivity index (χ3n) is 4.61. The minimum absolute atomic E-state index is 0.168. The quantitative estimate of drug-likeness (QED) is 0.833. The molecule has 0 N–H and O–H groups in total. The van der Waals surface area contributed by atoms with Gasteiger partial charge in [-0.3, -0.25) is 0 Å². The highest BCUT2D eigenvalue weighted by molar-refractivity contribution is 7.89. The summed E-state index contributed by atoms with van der Waals surface area (Å²) in [6, 6.07) is 5.91. The van der Waals surface area contributed by atoms with E-state index in [0.717, 1.165) is 31.7 Å². The van der Waals surface area contributed by atoms with Gasteiger partial charge in [0.05, 0.1) is 18.0 Å². The lowest BCUT2D eigenvalue weighted by atomic mass is 9.90. The van der Waals surface area contributed by atoms with Crippen molar-refractivity contribution in [2.75, 3.05) is 43.4 Å². The summed E-state index contributed by atoms with van der Waals surface area (Å²) < 4.78 is 31.6. The SMILES string of the molecule is CCS(=O)(=O)N1CCC2(CC1)CN(c1ccccn1)CCO2. The Hall–Kier alpha value is -1.18. The van der Waals surface area contributed by atoms with E-state index in [0.29, 0.717) is 19.7 Å². The summed E-state index contributed by atoms with van der Waals surface area (Å²) >= 11 is 0. The summed E-state index contributed by atoms with van der Waals surface area (Å²) in [6.45, 7) is 5.06. The van der Waals surface area contributed by atoms with Crippen LogP contribution in [0, 0.1) is 0 Å². The molecular formula is C15H23N3O3S. The third-order valence-corrected chi connectivity index (χ3v) is 6.50.